The highest BCUT2D eigenvalue weighted by molar-refractivity contribution is 5.82. The molecule has 21 heavy (non-hydrogen) atoms. The lowest BCUT2D eigenvalue weighted by atomic mass is 10.1. The van der Waals surface area contributed by atoms with Gasteiger partial charge in [0.1, 0.15) is 6.61 Å². The Hall–Kier alpha value is -2.56. The fourth-order valence-corrected chi connectivity index (χ4v) is 2.17. The van der Waals surface area contributed by atoms with Crippen molar-refractivity contribution in [2.75, 3.05) is 6.61 Å². The molecule has 0 saturated heterocycles. The molecule has 1 aliphatic rings. The van der Waals surface area contributed by atoms with Gasteiger partial charge in [0, 0.05) is 12.4 Å². The van der Waals surface area contributed by atoms with Gasteiger partial charge < -0.3 is 14.8 Å². The highest BCUT2D eigenvalue weighted by Crippen LogP contribution is 2.31. The first kappa shape index (κ1) is 13.4. The van der Waals surface area contributed by atoms with E-state index < -0.39 is 6.10 Å². The molecule has 0 spiro atoms. The largest absolute Gasteiger partial charge is 0.485 e. The minimum Gasteiger partial charge on any atom is -0.485 e. The number of para-hydroxylation sites is 2. The Balaban J connectivity index is 1.65. The van der Waals surface area contributed by atoms with Crippen LogP contribution in [-0.4, -0.2) is 23.6 Å². The standard InChI is InChI=1S/C16H16N2O3/c1-11(12-5-4-8-17-9-12)18-16(19)15-10-20-13-6-2-3-7-14(13)21-15/h2-9,11,15H,10H2,1H3,(H,18,19). The van der Waals surface area contributed by atoms with Crippen LogP contribution in [-0.2, 0) is 4.79 Å². The monoisotopic (exact) mass is 284 g/mol. The molecule has 0 saturated carbocycles. The highest BCUT2D eigenvalue weighted by Gasteiger charge is 2.28. The first-order chi connectivity index (χ1) is 10.2. The Morgan fingerprint density at radius 2 is 2.10 bits per heavy atom. The number of amides is 1. The van der Waals surface area contributed by atoms with Gasteiger partial charge in [0.2, 0.25) is 6.10 Å². The summed E-state index contributed by atoms with van der Waals surface area (Å²) in [5.74, 6) is 1.07. The first-order valence-corrected chi connectivity index (χ1v) is 6.83. The molecule has 0 bridgehead atoms. The minimum atomic E-state index is -0.640. The zero-order valence-corrected chi connectivity index (χ0v) is 11.7. The molecule has 108 valence electrons. The van der Waals surface area contributed by atoms with Gasteiger partial charge in [-0.15, -0.1) is 0 Å². The maximum atomic E-state index is 12.3. The molecule has 1 N–H and O–H groups in total. The van der Waals surface area contributed by atoms with Gasteiger partial charge >= 0.3 is 0 Å². The van der Waals surface area contributed by atoms with Crippen molar-refractivity contribution in [3.05, 3.63) is 54.4 Å². The molecule has 0 radical (unpaired) electrons. The summed E-state index contributed by atoms with van der Waals surface area (Å²) in [6.45, 7) is 2.12. The minimum absolute atomic E-state index is 0.132. The molecule has 2 atom stereocenters. The number of carbonyl (C=O) groups excluding carboxylic acids is 1. The number of hydrogen-bond donors (Lipinski definition) is 1. The highest BCUT2D eigenvalue weighted by atomic mass is 16.6. The zero-order chi connectivity index (χ0) is 14.7. The molecule has 1 aromatic heterocycles. The van der Waals surface area contributed by atoms with Crippen LogP contribution >= 0.6 is 0 Å². The molecule has 3 rings (SSSR count). The van der Waals surface area contributed by atoms with Crippen LogP contribution in [0.1, 0.15) is 18.5 Å². The summed E-state index contributed by atoms with van der Waals surface area (Å²) in [7, 11) is 0. The Kier molecular flexibility index (Phi) is 3.73. The molecule has 0 aliphatic carbocycles. The first-order valence-electron chi connectivity index (χ1n) is 6.83. The number of benzene rings is 1. The average Bonchev–Trinajstić information content (AvgIpc) is 2.55. The van der Waals surface area contributed by atoms with Crippen LogP contribution in [0.15, 0.2) is 48.8 Å². The number of aromatic nitrogens is 1. The third-order valence-electron chi connectivity index (χ3n) is 3.34. The lowest BCUT2D eigenvalue weighted by molar-refractivity contribution is -0.131. The number of carbonyl (C=O) groups is 1. The number of nitrogens with one attached hydrogen (secondary N) is 1. The van der Waals surface area contributed by atoms with Gasteiger partial charge in [-0.25, -0.2) is 0 Å². The molecule has 0 fully saturated rings. The van der Waals surface area contributed by atoms with Crippen molar-refractivity contribution >= 4 is 5.91 Å². The number of fused-ring (bicyclic) bond motifs is 1. The summed E-state index contributed by atoms with van der Waals surface area (Å²) in [5, 5.41) is 2.91. The third kappa shape index (κ3) is 2.97. The summed E-state index contributed by atoms with van der Waals surface area (Å²) in [6, 6.07) is 11.0. The molecule has 1 aliphatic heterocycles. The topological polar surface area (TPSA) is 60.5 Å². The van der Waals surface area contributed by atoms with Gasteiger partial charge in [0.15, 0.2) is 11.5 Å². The molecule has 2 unspecified atom stereocenters. The Morgan fingerprint density at radius 1 is 1.29 bits per heavy atom. The maximum absolute atomic E-state index is 12.3. The van der Waals surface area contributed by atoms with Crippen molar-refractivity contribution in [1.29, 1.82) is 0 Å². The van der Waals surface area contributed by atoms with Crippen LogP contribution in [0, 0.1) is 0 Å². The van der Waals surface area contributed by atoms with Crippen LogP contribution < -0.4 is 14.8 Å². The van der Waals surface area contributed by atoms with Crippen molar-refractivity contribution in [2.45, 2.75) is 19.1 Å². The fraction of sp³-hybridized carbons (Fsp3) is 0.250. The molecule has 5 nitrogen and oxygen atoms in total. The number of pyridine rings is 1. The second-order valence-corrected chi connectivity index (χ2v) is 4.88. The second kappa shape index (κ2) is 5.83. The summed E-state index contributed by atoms with van der Waals surface area (Å²) < 4.78 is 11.2. The van der Waals surface area contributed by atoms with Crippen molar-refractivity contribution in [3.63, 3.8) is 0 Å². The van der Waals surface area contributed by atoms with Crippen LogP contribution in [0.25, 0.3) is 0 Å². The third-order valence-corrected chi connectivity index (χ3v) is 3.34. The van der Waals surface area contributed by atoms with Gasteiger partial charge in [-0.1, -0.05) is 18.2 Å². The molecule has 2 heterocycles. The number of hydrogen-bond acceptors (Lipinski definition) is 4. The van der Waals surface area contributed by atoms with Crippen LogP contribution in [0.4, 0.5) is 0 Å². The number of ether oxygens (including phenoxy) is 2. The maximum Gasteiger partial charge on any atom is 0.265 e. The van der Waals surface area contributed by atoms with E-state index in [9.17, 15) is 4.79 Å². The Morgan fingerprint density at radius 3 is 2.86 bits per heavy atom. The summed E-state index contributed by atoms with van der Waals surface area (Å²) in [4.78, 5) is 16.3. The van der Waals surface area contributed by atoms with E-state index in [1.165, 1.54) is 0 Å². The van der Waals surface area contributed by atoms with E-state index in [0.29, 0.717) is 11.5 Å². The van der Waals surface area contributed by atoms with E-state index in [0.717, 1.165) is 5.56 Å². The van der Waals surface area contributed by atoms with Crippen molar-refractivity contribution in [2.24, 2.45) is 0 Å². The lowest BCUT2D eigenvalue weighted by Gasteiger charge is -2.26. The normalized spacial score (nSPS) is 17.9. The summed E-state index contributed by atoms with van der Waals surface area (Å²) in [5.41, 5.74) is 0.947. The Labute approximate surface area is 122 Å². The smallest absolute Gasteiger partial charge is 0.265 e. The van der Waals surface area contributed by atoms with Gasteiger partial charge in [-0.05, 0) is 30.7 Å². The van der Waals surface area contributed by atoms with E-state index in [2.05, 4.69) is 10.3 Å². The zero-order valence-electron chi connectivity index (χ0n) is 11.7. The molecule has 1 aromatic carbocycles. The molecule has 5 heteroatoms. The van der Waals surface area contributed by atoms with E-state index in [1.54, 1.807) is 18.5 Å². The average molecular weight is 284 g/mol. The van der Waals surface area contributed by atoms with Crippen molar-refractivity contribution in [1.82, 2.24) is 10.3 Å². The number of rotatable bonds is 3. The number of nitrogens with zero attached hydrogens (tertiary/aromatic N) is 1. The molecular formula is C16H16N2O3. The van der Waals surface area contributed by atoms with E-state index in [1.807, 2.05) is 37.3 Å². The predicted octanol–water partition coefficient (Wildman–Crippen LogP) is 2.10. The van der Waals surface area contributed by atoms with E-state index in [4.69, 9.17) is 9.47 Å². The van der Waals surface area contributed by atoms with E-state index in [-0.39, 0.29) is 18.6 Å². The molecule has 1 amide bonds. The van der Waals surface area contributed by atoms with Crippen LogP contribution in [0.5, 0.6) is 11.5 Å². The summed E-state index contributed by atoms with van der Waals surface area (Å²) >= 11 is 0. The lowest BCUT2D eigenvalue weighted by Crippen LogP contribution is -2.44. The van der Waals surface area contributed by atoms with Gasteiger partial charge in [0.25, 0.3) is 5.91 Å². The van der Waals surface area contributed by atoms with Crippen molar-refractivity contribution in [3.8, 4) is 11.5 Å². The van der Waals surface area contributed by atoms with Crippen LogP contribution in [0.3, 0.4) is 0 Å². The van der Waals surface area contributed by atoms with Gasteiger partial charge in [0.05, 0.1) is 6.04 Å². The van der Waals surface area contributed by atoms with Crippen LogP contribution in [0.2, 0.25) is 0 Å². The van der Waals surface area contributed by atoms with Gasteiger partial charge in [-0.3, -0.25) is 9.78 Å². The molecule has 2 aromatic rings. The fourth-order valence-electron chi connectivity index (χ4n) is 2.17. The molecular weight excluding hydrogens is 268 g/mol. The SMILES string of the molecule is CC(NC(=O)C1COc2ccccc2O1)c1cccnc1. The Bertz CT molecular complexity index is 630. The van der Waals surface area contributed by atoms with Gasteiger partial charge in [-0.2, -0.15) is 0 Å². The summed E-state index contributed by atoms with van der Waals surface area (Å²) in [6.07, 6.45) is 2.80. The second-order valence-electron chi connectivity index (χ2n) is 4.88. The quantitative estimate of drug-likeness (QED) is 0.937. The van der Waals surface area contributed by atoms with Crippen molar-refractivity contribution < 1.29 is 14.3 Å². The predicted molar refractivity (Wildman–Crippen MR) is 77.1 cm³/mol. The van der Waals surface area contributed by atoms with E-state index >= 15 is 0 Å².